The third kappa shape index (κ3) is 4.91. The summed E-state index contributed by atoms with van der Waals surface area (Å²) in [6, 6.07) is 10.4. The van der Waals surface area contributed by atoms with Crippen molar-refractivity contribution in [2.75, 3.05) is 11.1 Å². The molecule has 1 N–H and O–H groups in total. The highest BCUT2D eigenvalue weighted by molar-refractivity contribution is 7.99. The molecule has 2 heterocycles. The number of carbonyl (C=O) groups is 1. The van der Waals surface area contributed by atoms with Gasteiger partial charge in [0.25, 0.3) is 0 Å². The van der Waals surface area contributed by atoms with Crippen molar-refractivity contribution in [1.82, 2.24) is 14.8 Å². The fraction of sp³-hybridized carbons (Fsp3) is 0.462. The molecule has 0 bridgehead atoms. The molecule has 0 aliphatic heterocycles. The number of benzene rings is 1. The first kappa shape index (κ1) is 24.5. The Kier molecular flexibility index (Phi) is 7.15. The highest BCUT2D eigenvalue weighted by atomic mass is 32.2. The molecule has 6 nitrogen and oxygen atoms in total. The Morgan fingerprint density at radius 1 is 1.32 bits per heavy atom. The first-order chi connectivity index (χ1) is 16.2. The molecule has 1 atom stereocenters. The Balaban J connectivity index is 1.46. The second-order valence-corrected chi connectivity index (χ2v) is 11.9. The van der Waals surface area contributed by atoms with Gasteiger partial charge in [0.05, 0.1) is 11.3 Å². The van der Waals surface area contributed by atoms with E-state index in [9.17, 15) is 10.1 Å². The van der Waals surface area contributed by atoms with Crippen LogP contribution >= 0.6 is 23.1 Å². The van der Waals surface area contributed by atoms with Gasteiger partial charge < -0.3 is 9.88 Å². The highest BCUT2D eigenvalue weighted by Gasteiger charge is 2.32. The van der Waals surface area contributed by atoms with Crippen LogP contribution in [-0.4, -0.2) is 26.4 Å². The number of anilines is 1. The van der Waals surface area contributed by atoms with Crippen LogP contribution in [0.4, 0.5) is 5.00 Å². The van der Waals surface area contributed by atoms with Gasteiger partial charge in [-0.3, -0.25) is 4.79 Å². The number of amides is 1. The van der Waals surface area contributed by atoms with Crippen LogP contribution in [0, 0.1) is 29.6 Å². The molecule has 1 aliphatic carbocycles. The average Bonchev–Trinajstić information content (AvgIpc) is 3.36. The second-order valence-electron chi connectivity index (χ2n) is 9.83. The summed E-state index contributed by atoms with van der Waals surface area (Å²) in [7, 11) is 0. The van der Waals surface area contributed by atoms with E-state index in [-0.39, 0.29) is 17.1 Å². The number of aryl methyl sites for hydroxylation is 1. The second kappa shape index (κ2) is 9.93. The van der Waals surface area contributed by atoms with Crippen molar-refractivity contribution in [3.8, 4) is 17.5 Å². The maximum absolute atomic E-state index is 12.8. The molecule has 1 aromatic carbocycles. The molecule has 0 fully saturated rings. The number of hydrogen-bond acceptors (Lipinski definition) is 6. The largest absolute Gasteiger partial charge is 0.316 e. The van der Waals surface area contributed by atoms with E-state index < -0.39 is 0 Å². The summed E-state index contributed by atoms with van der Waals surface area (Å²) in [5.74, 6) is 1.49. The van der Waals surface area contributed by atoms with Crippen LogP contribution in [-0.2, 0) is 24.2 Å². The normalized spacial score (nSPS) is 15.6. The maximum Gasteiger partial charge on any atom is 0.235 e. The minimum absolute atomic E-state index is 0.129. The molecule has 0 saturated heterocycles. The summed E-state index contributed by atoms with van der Waals surface area (Å²) in [4.78, 5) is 14.1. The van der Waals surface area contributed by atoms with E-state index in [1.54, 1.807) is 11.3 Å². The van der Waals surface area contributed by atoms with Gasteiger partial charge in [0.1, 0.15) is 11.1 Å². The number of aromatic nitrogens is 3. The summed E-state index contributed by atoms with van der Waals surface area (Å²) in [6.07, 6.45) is 2.97. The van der Waals surface area contributed by atoms with Crippen LogP contribution in [0.3, 0.4) is 0 Å². The van der Waals surface area contributed by atoms with Crippen molar-refractivity contribution in [3.05, 3.63) is 45.8 Å². The zero-order valence-corrected chi connectivity index (χ0v) is 22.1. The van der Waals surface area contributed by atoms with Gasteiger partial charge in [-0.2, -0.15) is 5.26 Å². The fourth-order valence-electron chi connectivity index (χ4n) is 4.53. The van der Waals surface area contributed by atoms with Gasteiger partial charge in [-0.15, -0.1) is 21.5 Å². The third-order valence-electron chi connectivity index (χ3n) is 6.61. The molecule has 178 valence electrons. The average molecular weight is 494 g/mol. The topological polar surface area (TPSA) is 83.6 Å². The molecule has 2 aromatic heterocycles. The van der Waals surface area contributed by atoms with E-state index in [4.69, 9.17) is 0 Å². The molecule has 34 heavy (non-hydrogen) atoms. The van der Waals surface area contributed by atoms with Gasteiger partial charge in [0.15, 0.2) is 11.0 Å². The Morgan fingerprint density at radius 2 is 2.09 bits per heavy atom. The quantitative estimate of drug-likeness (QED) is 0.420. The lowest BCUT2D eigenvalue weighted by molar-refractivity contribution is -0.113. The van der Waals surface area contributed by atoms with E-state index in [0.717, 1.165) is 46.9 Å². The monoisotopic (exact) mass is 493 g/mol. The van der Waals surface area contributed by atoms with Crippen molar-refractivity contribution in [2.45, 2.75) is 65.6 Å². The van der Waals surface area contributed by atoms with Crippen LogP contribution in [0.25, 0.3) is 11.4 Å². The van der Waals surface area contributed by atoms with Crippen molar-refractivity contribution in [3.63, 3.8) is 0 Å². The van der Waals surface area contributed by atoms with Crippen molar-refractivity contribution < 1.29 is 4.79 Å². The number of nitriles is 1. The zero-order valence-electron chi connectivity index (χ0n) is 20.4. The standard InChI is InChI=1S/C26H31N5OS2/c1-6-31-23(18-10-8-7-9-16(18)2)29-30-25(31)33-15-22(32)28-24-20(14-27)19-12-11-17(26(3,4)5)13-21(19)34-24/h7-10,17H,6,11-13,15H2,1-5H3,(H,28,32)/t17-/m0/s1. The van der Waals surface area contributed by atoms with Gasteiger partial charge in [-0.05, 0) is 55.6 Å². The minimum atomic E-state index is -0.129. The summed E-state index contributed by atoms with van der Waals surface area (Å²) in [5.41, 5.74) is 4.19. The third-order valence-corrected chi connectivity index (χ3v) is 8.74. The SMILES string of the molecule is CCn1c(SCC(=O)Nc2sc3c(c2C#N)CC[C@H](C(C)(C)C)C3)nnc1-c1ccccc1C. The van der Waals surface area contributed by atoms with Crippen LogP contribution in [0.1, 0.15) is 55.7 Å². The van der Waals surface area contributed by atoms with Crippen molar-refractivity contribution in [1.29, 1.82) is 5.26 Å². The van der Waals surface area contributed by atoms with E-state index in [0.29, 0.717) is 23.0 Å². The van der Waals surface area contributed by atoms with E-state index in [2.05, 4.69) is 62.3 Å². The molecule has 1 amide bonds. The molecule has 0 radical (unpaired) electrons. The lowest BCUT2D eigenvalue weighted by Crippen LogP contribution is -2.26. The minimum Gasteiger partial charge on any atom is -0.316 e. The molecule has 8 heteroatoms. The number of rotatable bonds is 6. The summed E-state index contributed by atoms with van der Waals surface area (Å²) in [6.45, 7) is 11.7. The first-order valence-electron chi connectivity index (χ1n) is 11.7. The molecular weight excluding hydrogens is 462 g/mol. The van der Waals surface area contributed by atoms with Gasteiger partial charge in [0.2, 0.25) is 5.91 Å². The molecule has 3 aromatic rings. The Hall–Kier alpha value is -2.63. The van der Waals surface area contributed by atoms with Crippen LogP contribution < -0.4 is 5.32 Å². The van der Waals surface area contributed by atoms with Crippen molar-refractivity contribution >= 4 is 34.0 Å². The number of thioether (sulfide) groups is 1. The molecule has 4 rings (SSSR count). The van der Waals surface area contributed by atoms with Crippen LogP contribution in [0.5, 0.6) is 0 Å². The molecule has 0 unspecified atom stereocenters. The van der Waals surface area contributed by atoms with Gasteiger partial charge >= 0.3 is 0 Å². The Morgan fingerprint density at radius 3 is 2.76 bits per heavy atom. The zero-order chi connectivity index (χ0) is 24.5. The maximum atomic E-state index is 12.8. The highest BCUT2D eigenvalue weighted by Crippen LogP contribution is 2.44. The lowest BCUT2D eigenvalue weighted by Gasteiger charge is -2.33. The number of nitrogens with zero attached hydrogens (tertiary/aromatic N) is 4. The Labute approximate surface area is 209 Å². The number of fused-ring (bicyclic) bond motifs is 1. The van der Waals surface area contributed by atoms with Gasteiger partial charge in [-0.1, -0.05) is 56.8 Å². The van der Waals surface area contributed by atoms with E-state index in [1.165, 1.54) is 16.6 Å². The molecule has 1 aliphatic rings. The first-order valence-corrected chi connectivity index (χ1v) is 13.5. The summed E-state index contributed by atoms with van der Waals surface area (Å²) >= 11 is 2.94. The molecular formula is C26H31N5OS2. The van der Waals surface area contributed by atoms with E-state index in [1.807, 2.05) is 22.8 Å². The summed E-state index contributed by atoms with van der Waals surface area (Å²) < 4.78 is 2.04. The van der Waals surface area contributed by atoms with Crippen LogP contribution in [0.15, 0.2) is 29.4 Å². The predicted octanol–water partition coefficient (Wildman–Crippen LogP) is 6.09. The summed E-state index contributed by atoms with van der Waals surface area (Å²) in [5, 5.41) is 22.9. The van der Waals surface area contributed by atoms with Gasteiger partial charge in [0, 0.05) is 17.0 Å². The molecule has 0 saturated carbocycles. The smallest absolute Gasteiger partial charge is 0.235 e. The lowest BCUT2D eigenvalue weighted by atomic mass is 9.72. The van der Waals surface area contributed by atoms with Crippen LogP contribution in [0.2, 0.25) is 0 Å². The number of nitrogens with one attached hydrogen (secondary N) is 1. The van der Waals surface area contributed by atoms with Gasteiger partial charge in [-0.25, -0.2) is 0 Å². The Bertz CT molecular complexity index is 1250. The van der Waals surface area contributed by atoms with Crippen molar-refractivity contribution in [2.24, 2.45) is 11.3 Å². The van der Waals surface area contributed by atoms with E-state index >= 15 is 0 Å². The molecule has 0 spiro atoms. The number of carbonyl (C=O) groups excluding carboxylic acids is 1. The fourth-order valence-corrected chi connectivity index (χ4v) is 6.62. The predicted molar refractivity (Wildman–Crippen MR) is 139 cm³/mol. The number of hydrogen-bond donors (Lipinski definition) is 1. The number of thiophene rings is 1.